The summed E-state index contributed by atoms with van der Waals surface area (Å²) in [6.07, 6.45) is 2.08. The second kappa shape index (κ2) is 7.42. The molecule has 0 bridgehead atoms. The van der Waals surface area contributed by atoms with Crippen LogP contribution in [0.25, 0.3) is 0 Å². The van der Waals surface area contributed by atoms with Gasteiger partial charge < -0.3 is 24.7 Å². The van der Waals surface area contributed by atoms with Crippen molar-refractivity contribution in [2.45, 2.75) is 26.2 Å². The molecule has 0 fully saturated rings. The number of rotatable bonds is 5. The minimum Gasteiger partial charge on any atom is -0.504 e. The quantitative estimate of drug-likeness (QED) is 0.548. The van der Waals surface area contributed by atoms with E-state index in [0.29, 0.717) is 12.0 Å². The van der Waals surface area contributed by atoms with Gasteiger partial charge in [-0.3, -0.25) is 14.4 Å². The third-order valence-corrected chi connectivity index (χ3v) is 4.83. The number of carbonyl (C=O) groups is 3. The molecule has 1 aliphatic rings. The van der Waals surface area contributed by atoms with Crippen molar-refractivity contribution in [1.29, 1.82) is 0 Å². The third kappa shape index (κ3) is 2.95. The van der Waals surface area contributed by atoms with Crippen LogP contribution in [0.3, 0.4) is 0 Å². The van der Waals surface area contributed by atoms with Gasteiger partial charge in [0.25, 0.3) is 0 Å². The molecule has 0 atom stereocenters. The Balaban J connectivity index is 2.32. The number of esters is 1. The summed E-state index contributed by atoms with van der Waals surface area (Å²) in [4.78, 5) is 52.7. The maximum atomic E-state index is 13.0. The zero-order valence-electron chi connectivity index (χ0n) is 16.0. The first-order chi connectivity index (χ1) is 13.8. The number of phenolic OH excluding ortho intramolecular Hbond substituents is 1. The van der Waals surface area contributed by atoms with Crippen molar-refractivity contribution in [1.82, 2.24) is 4.98 Å². The number of ketones is 2. The number of aromatic nitrogens is 1. The molecule has 3 rings (SSSR count). The fourth-order valence-corrected chi connectivity index (χ4v) is 3.38. The summed E-state index contributed by atoms with van der Waals surface area (Å²) in [5, 5.41) is 20.7. The molecular weight excluding hydrogens is 382 g/mol. The van der Waals surface area contributed by atoms with Crippen molar-refractivity contribution >= 4 is 17.5 Å². The Hall–Kier alpha value is -3.62. The van der Waals surface area contributed by atoms with E-state index in [9.17, 15) is 29.4 Å². The number of benzene rings is 1. The topological polar surface area (TPSA) is 143 Å². The fraction of sp³-hybridized carbons (Fsp3) is 0.300. The van der Waals surface area contributed by atoms with Crippen LogP contribution in [0, 0.1) is 0 Å². The lowest BCUT2D eigenvalue weighted by molar-refractivity contribution is 0.0589. The number of aromatic amines is 1. The van der Waals surface area contributed by atoms with E-state index in [4.69, 9.17) is 4.74 Å². The van der Waals surface area contributed by atoms with Gasteiger partial charge in [0, 0.05) is 5.56 Å². The predicted octanol–water partition coefficient (Wildman–Crippen LogP) is 1.70. The van der Waals surface area contributed by atoms with Gasteiger partial charge in [0.15, 0.2) is 28.7 Å². The Morgan fingerprint density at radius 3 is 2.34 bits per heavy atom. The smallest absolute Gasteiger partial charge is 0.358 e. The Kier molecular flexibility index (Phi) is 5.15. The van der Waals surface area contributed by atoms with Gasteiger partial charge in [-0.1, -0.05) is 13.3 Å². The van der Waals surface area contributed by atoms with Crippen LogP contribution in [0.5, 0.6) is 17.2 Å². The van der Waals surface area contributed by atoms with Gasteiger partial charge in [0.05, 0.1) is 19.8 Å². The summed E-state index contributed by atoms with van der Waals surface area (Å²) in [5.74, 6) is -4.30. The number of hydrogen-bond donors (Lipinski definition) is 3. The number of pyridine rings is 1. The SMILES string of the molecule is CCCCc1cc2c(c(O)c1OC)C(=O)c1[nH]c(C(=O)OC)c(O)c(=O)c1C2=O. The van der Waals surface area contributed by atoms with Crippen molar-refractivity contribution in [3.63, 3.8) is 0 Å². The highest BCUT2D eigenvalue weighted by Gasteiger charge is 2.39. The molecule has 9 heteroatoms. The zero-order chi connectivity index (χ0) is 21.5. The molecule has 152 valence electrons. The van der Waals surface area contributed by atoms with Crippen molar-refractivity contribution in [3.8, 4) is 17.2 Å². The molecule has 0 aliphatic heterocycles. The first-order valence-corrected chi connectivity index (χ1v) is 8.88. The Labute approximate surface area is 164 Å². The van der Waals surface area contributed by atoms with Gasteiger partial charge in [-0.25, -0.2) is 4.79 Å². The van der Waals surface area contributed by atoms with E-state index in [1.165, 1.54) is 13.2 Å². The number of nitrogens with one attached hydrogen (secondary N) is 1. The van der Waals surface area contributed by atoms with E-state index in [1.807, 2.05) is 6.92 Å². The highest BCUT2D eigenvalue weighted by Crippen LogP contribution is 2.41. The van der Waals surface area contributed by atoms with Gasteiger partial charge in [-0.15, -0.1) is 0 Å². The molecule has 0 saturated carbocycles. The molecule has 1 aromatic carbocycles. The Morgan fingerprint density at radius 2 is 1.76 bits per heavy atom. The number of phenols is 1. The van der Waals surface area contributed by atoms with Crippen LogP contribution in [0.15, 0.2) is 10.9 Å². The molecule has 0 saturated heterocycles. The van der Waals surface area contributed by atoms with Gasteiger partial charge in [0.1, 0.15) is 11.3 Å². The lowest BCUT2D eigenvalue weighted by Crippen LogP contribution is -2.31. The van der Waals surface area contributed by atoms with E-state index in [0.717, 1.165) is 20.0 Å². The number of fused-ring (bicyclic) bond motifs is 2. The highest BCUT2D eigenvalue weighted by atomic mass is 16.5. The lowest BCUT2D eigenvalue weighted by atomic mass is 9.83. The molecule has 1 aromatic heterocycles. The maximum absolute atomic E-state index is 13.0. The van der Waals surface area contributed by atoms with Crippen molar-refractivity contribution in [2.75, 3.05) is 14.2 Å². The van der Waals surface area contributed by atoms with Crippen LogP contribution in [0.1, 0.15) is 67.8 Å². The second-order valence-electron chi connectivity index (χ2n) is 6.52. The minimum absolute atomic E-state index is 0.0658. The molecule has 1 aliphatic carbocycles. The number of ether oxygens (including phenoxy) is 2. The Morgan fingerprint density at radius 1 is 1.07 bits per heavy atom. The van der Waals surface area contributed by atoms with Gasteiger partial charge in [-0.2, -0.15) is 0 Å². The first-order valence-electron chi connectivity index (χ1n) is 8.88. The van der Waals surface area contributed by atoms with E-state index >= 15 is 0 Å². The molecular formula is C20H19NO8. The maximum Gasteiger partial charge on any atom is 0.358 e. The predicted molar refractivity (Wildman–Crippen MR) is 100 cm³/mol. The average molecular weight is 401 g/mol. The molecule has 1 heterocycles. The molecule has 29 heavy (non-hydrogen) atoms. The number of aryl methyl sites for hydroxylation is 1. The van der Waals surface area contributed by atoms with Crippen LogP contribution in [0.2, 0.25) is 0 Å². The summed E-state index contributed by atoms with van der Waals surface area (Å²) >= 11 is 0. The number of carbonyl (C=O) groups excluding carboxylic acids is 3. The van der Waals surface area contributed by atoms with Gasteiger partial charge in [0.2, 0.25) is 11.2 Å². The number of methoxy groups -OCH3 is 2. The van der Waals surface area contributed by atoms with Gasteiger partial charge >= 0.3 is 5.97 Å². The van der Waals surface area contributed by atoms with E-state index in [2.05, 4.69) is 9.72 Å². The van der Waals surface area contributed by atoms with E-state index in [-0.39, 0.29) is 16.9 Å². The summed E-state index contributed by atoms with van der Waals surface area (Å²) in [6, 6.07) is 1.41. The first kappa shape index (κ1) is 20.1. The highest BCUT2D eigenvalue weighted by molar-refractivity contribution is 6.29. The molecule has 2 aromatic rings. The zero-order valence-corrected chi connectivity index (χ0v) is 16.0. The molecule has 9 nitrogen and oxygen atoms in total. The minimum atomic E-state index is -1.17. The molecule has 0 amide bonds. The summed E-state index contributed by atoms with van der Waals surface area (Å²) < 4.78 is 9.71. The van der Waals surface area contributed by atoms with Crippen LogP contribution in [-0.4, -0.2) is 47.0 Å². The summed E-state index contributed by atoms with van der Waals surface area (Å²) in [6.45, 7) is 1.97. The van der Waals surface area contributed by atoms with Gasteiger partial charge in [-0.05, 0) is 24.5 Å². The molecule has 0 spiro atoms. The number of unbranched alkanes of at least 4 members (excludes halogenated alkanes) is 1. The summed E-state index contributed by atoms with van der Waals surface area (Å²) in [7, 11) is 2.35. The molecule has 0 radical (unpaired) electrons. The average Bonchev–Trinajstić information content (AvgIpc) is 2.71. The fourth-order valence-electron chi connectivity index (χ4n) is 3.38. The Bertz CT molecular complexity index is 1110. The number of hydrogen-bond acceptors (Lipinski definition) is 8. The third-order valence-electron chi connectivity index (χ3n) is 4.83. The monoisotopic (exact) mass is 401 g/mol. The number of aromatic hydroxyl groups is 2. The molecule has 0 unspecified atom stereocenters. The van der Waals surface area contributed by atoms with Crippen molar-refractivity contribution in [3.05, 3.63) is 49.9 Å². The standard InChI is InChI=1S/C20H19NO8/c1-4-5-6-8-7-9-10(17(25)19(8)28-2)15(23)12-11(14(9)22)16(24)18(26)13(21-12)20(27)29-3/h7,25-26H,4-6H2,1-3H3,(H,21,24). The number of H-pyrrole nitrogens is 1. The van der Waals surface area contributed by atoms with Crippen molar-refractivity contribution < 1.29 is 34.1 Å². The van der Waals surface area contributed by atoms with E-state index < -0.39 is 51.4 Å². The lowest BCUT2D eigenvalue weighted by Gasteiger charge is -2.22. The van der Waals surface area contributed by atoms with Crippen LogP contribution >= 0.6 is 0 Å². The van der Waals surface area contributed by atoms with Crippen LogP contribution in [-0.2, 0) is 11.2 Å². The van der Waals surface area contributed by atoms with Crippen LogP contribution < -0.4 is 10.2 Å². The van der Waals surface area contributed by atoms with E-state index in [1.54, 1.807) is 0 Å². The largest absolute Gasteiger partial charge is 0.504 e. The normalized spacial score (nSPS) is 12.4. The van der Waals surface area contributed by atoms with Crippen LogP contribution in [0.4, 0.5) is 0 Å². The van der Waals surface area contributed by atoms with Crippen molar-refractivity contribution in [2.24, 2.45) is 0 Å². The molecule has 3 N–H and O–H groups in total. The summed E-state index contributed by atoms with van der Waals surface area (Å²) in [5.41, 5.74) is -2.93. The second-order valence-corrected chi connectivity index (χ2v) is 6.52.